The monoisotopic (exact) mass is 211 g/mol. The van der Waals surface area contributed by atoms with Crippen LogP contribution in [0.15, 0.2) is 0 Å². The average Bonchev–Trinajstić information content (AvgIpc) is 2.03. The molecule has 2 unspecified atom stereocenters. The molecule has 0 amide bonds. The largest absolute Gasteiger partial charge is 0.418 e. The second-order valence-corrected chi connectivity index (χ2v) is 4.27. The minimum atomic E-state index is -4.30. The van der Waals surface area contributed by atoms with Crippen molar-refractivity contribution in [3.05, 3.63) is 0 Å². The molecule has 84 valence electrons. The van der Waals surface area contributed by atoms with Gasteiger partial charge in [-0.2, -0.15) is 13.2 Å². The number of alkyl halides is 3. The molecule has 0 aliphatic carbocycles. The number of hydrogen-bond acceptors (Lipinski definition) is 2. The van der Waals surface area contributed by atoms with Gasteiger partial charge in [-0.25, -0.2) is 0 Å². The lowest BCUT2D eigenvalue weighted by molar-refractivity contribution is -0.281. The molecule has 1 aliphatic rings. The van der Waals surface area contributed by atoms with E-state index in [-0.39, 0.29) is 25.1 Å². The van der Waals surface area contributed by atoms with Crippen LogP contribution in [0.5, 0.6) is 0 Å². The van der Waals surface area contributed by atoms with Crippen molar-refractivity contribution in [3.8, 4) is 0 Å². The van der Waals surface area contributed by atoms with Gasteiger partial charge in [0.15, 0.2) is 5.60 Å². The minimum absolute atomic E-state index is 0.0189. The van der Waals surface area contributed by atoms with Gasteiger partial charge in [-0.3, -0.25) is 0 Å². The average molecular weight is 211 g/mol. The molecule has 0 radical (unpaired) electrons. The molecule has 1 rings (SSSR count). The van der Waals surface area contributed by atoms with Crippen LogP contribution in [0.2, 0.25) is 0 Å². The number of ether oxygens (including phenoxy) is 1. The molecule has 0 saturated carbocycles. The number of halogens is 3. The Balaban J connectivity index is 2.58. The molecule has 1 aliphatic heterocycles. The maximum Gasteiger partial charge on any atom is 0.418 e. The topological polar surface area (TPSA) is 21.3 Å². The van der Waals surface area contributed by atoms with Crippen LogP contribution in [-0.4, -0.2) is 31.0 Å². The van der Waals surface area contributed by atoms with Crippen LogP contribution in [0.3, 0.4) is 0 Å². The summed E-state index contributed by atoms with van der Waals surface area (Å²) in [7, 11) is 0. The maximum absolute atomic E-state index is 12.5. The third kappa shape index (κ3) is 2.20. The number of rotatable bonds is 1. The first-order valence-electron chi connectivity index (χ1n) is 4.70. The van der Waals surface area contributed by atoms with Gasteiger partial charge in [0.25, 0.3) is 0 Å². The van der Waals surface area contributed by atoms with Crippen LogP contribution in [0.25, 0.3) is 0 Å². The molecule has 1 saturated heterocycles. The van der Waals surface area contributed by atoms with E-state index in [0.717, 1.165) is 6.92 Å². The zero-order chi connectivity index (χ0) is 11.0. The van der Waals surface area contributed by atoms with Gasteiger partial charge in [0.2, 0.25) is 0 Å². The van der Waals surface area contributed by atoms with Gasteiger partial charge in [-0.1, -0.05) is 13.8 Å². The Morgan fingerprint density at radius 2 is 2.00 bits per heavy atom. The molecule has 2 nitrogen and oxygen atoms in total. The van der Waals surface area contributed by atoms with E-state index in [2.05, 4.69) is 5.32 Å². The third-order valence-corrected chi connectivity index (χ3v) is 2.69. The Hall–Kier alpha value is -0.290. The van der Waals surface area contributed by atoms with E-state index in [4.69, 9.17) is 4.74 Å². The summed E-state index contributed by atoms with van der Waals surface area (Å²) in [6.45, 7) is 4.94. The van der Waals surface area contributed by atoms with Crippen LogP contribution >= 0.6 is 0 Å². The van der Waals surface area contributed by atoms with Crippen LogP contribution in [0.1, 0.15) is 20.8 Å². The standard InChI is InChI=1S/C9H16F3NO/c1-6(2)7-4-14-8(3,5-13-7)9(10,11)12/h6-7,13H,4-5H2,1-3H3. The molecule has 2 atom stereocenters. The Morgan fingerprint density at radius 3 is 2.29 bits per heavy atom. The highest BCUT2D eigenvalue weighted by molar-refractivity contribution is 4.92. The van der Waals surface area contributed by atoms with E-state index in [0.29, 0.717) is 0 Å². The molecule has 0 bridgehead atoms. The molecule has 1 N–H and O–H groups in total. The van der Waals surface area contributed by atoms with E-state index in [9.17, 15) is 13.2 Å². The van der Waals surface area contributed by atoms with Crippen molar-refractivity contribution in [1.29, 1.82) is 0 Å². The van der Waals surface area contributed by atoms with Gasteiger partial charge >= 0.3 is 6.18 Å². The van der Waals surface area contributed by atoms with E-state index >= 15 is 0 Å². The number of hydrogen-bond donors (Lipinski definition) is 1. The van der Waals surface area contributed by atoms with Gasteiger partial charge in [0.05, 0.1) is 6.61 Å². The van der Waals surface area contributed by atoms with E-state index < -0.39 is 11.8 Å². The molecular formula is C9H16F3NO. The molecule has 0 aromatic rings. The molecule has 0 aromatic carbocycles. The molecule has 14 heavy (non-hydrogen) atoms. The van der Waals surface area contributed by atoms with Gasteiger partial charge < -0.3 is 10.1 Å². The van der Waals surface area contributed by atoms with Crippen LogP contribution in [0.4, 0.5) is 13.2 Å². The first-order chi connectivity index (χ1) is 6.26. The fourth-order valence-electron chi connectivity index (χ4n) is 1.32. The van der Waals surface area contributed by atoms with Crippen molar-refractivity contribution in [2.75, 3.05) is 13.2 Å². The van der Waals surface area contributed by atoms with Gasteiger partial charge in [0.1, 0.15) is 0 Å². The summed E-state index contributed by atoms with van der Waals surface area (Å²) in [4.78, 5) is 0. The summed E-state index contributed by atoms with van der Waals surface area (Å²) < 4.78 is 42.4. The predicted octanol–water partition coefficient (Wildman–Crippen LogP) is 1.95. The fourth-order valence-corrected chi connectivity index (χ4v) is 1.32. The molecule has 1 fully saturated rings. The molecule has 0 aromatic heterocycles. The van der Waals surface area contributed by atoms with Crippen molar-refractivity contribution in [2.24, 2.45) is 5.92 Å². The second-order valence-electron chi connectivity index (χ2n) is 4.27. The van der Waals surface area contributed by atoms with Gasteiger partial charge in [0, 0.05) is 12.6 Å². The number of morpholine rings is 1. The Morgan fingerprint density at radius 1 is 1.43 bits per heavy atom. The van der Waals surface area contributed by atoms with Gasteiger partial charge in [-0.05, 0) is 12.8 Å². The zero-order valence-electron chi connectivity index (χ0n) is 8.61. The highest BCUT2D eigenvalue weighted by Gasteiger charge is 2.54. The van der Waals surface area contributed by atoms with Crippen molar-refractivity contribution >= 4 is 0 Å². The summed E-state index contributed by atoms with van der Waals surface area (Å²) in [5.41, 5.74) is -2.03. The third-order valence-electron chi connectivity index (χ3n) is 2.69. The van der Waals surface area contributed by atoms with Gasteiger partial charge in [-0.15, -0.1) is 0 Å². The summed E-state index contributed by atoms with van der Waals surface area (Å²) in [6, 6.07) is 0.0189. The quantitative estimate of drug-likeness (QED) is 0.715. The Kier molecular flexibility index (Phi) is 3.11. The Bertz CT molecular complexity index is 195. The molecule has 5 heteroatoms. The molecular weight excluding hydrogens is 195 g/mol. The molecule has 0 spiro atoms. The normalized spacial score (nSPS) is 34.9. The summed E-state index contributed by atoms with van der Waals surface area (Å²) in [5, 5.41) is 2.87. The minimum Gasteiger partial charge on any atom is -0.363 e. The van der Waals surface area contributed by atoms with E-state index in [1.54, 1.807) is 0 Å². The van der Waals surface area contributed by atoms with Crippen molar-refractivity contribution in [3.63, 3.8) is 0 Å². The lowest BCUT2D eigenvalue weighted by Gasteiger charge is -2.40. The smallest absolute Gasteiger partial charge is 0.363 e. The highest BCUT2D eigenvalue weighted by atomic mass is 19.4. The molecule has 1 heterocycles. The summed E-state index contributed by atoms with van der Waals surface area (Å²) >= 11 is 0. The van der Waals surface area contributed by atoms with Crippen LogP contribution < -0.4 is 5.32 Å². The lowest BCUT2D eigenvalue weighted by atomic mass is 9.98. The van der Waals surface area contributed by atoms with Crippen LogP contribution in [-0.2, 0) is 4.74 Å². The fraction of sp³-hybridized carbons (Fsp3) is 1.00. The van der Waals surface area contributed by atoms with Crippen molar-refractivity contribution in [1.82, 2.24) is 5.32 Å². The summed E-state index contributed by atoms with van der Waals surface area (Å²) in [6.07, 6.45) is -4.30. The Labute approximate surface area is 81.8 Å². The maximum atomic E-state index is 12.5. The van der Waals surface area contributed by atoms with Crippen molar-refractivity contribution < 1.29 is 17.9 Å². The first kappa shape index (κ1) is 11.8. The van der Waals surface area contributed by atoms with Crippen LogP contribution in [0, 0.1) is 5.92 Å². The van der Waals surface area contributed by atoms with E-state index in [1.807, 2.05) is 13.8 Å². The predicted molar refractivity (Wildman–Crippen MR) is 47.0 cm³/mol. The lowest BCUT2D eigenvalue weighted by Crippen LogP contribution is -2.61. The summed E-state index contributed by atoms with van der Waals surface area (Å²) in [5.74, 6) is 0.285. The van der Waals surface area contributed by atoms with Crippen molar-refractivity contribution in [2.45, 2.75) is 38.6 Å². The zero-order valence-corrected chi connectivity index (χ0v) is 8.61. The second kappa shape index (κ2) is 3.70. The highest BCUT2D eigenvalue weighted by Crippen LogP contribution is 2.35. The van der Waals surface area contributed by atoms with E-state index in [1.165, 1.54) is 0 Å². The SMILES string of the molecule is CC(C)C1COC(C)(C(F)(F)F)CN1. The number of nitrogens with one attached hydrogen (secondary N) is 1. The first-order valence-corrected chi connectivity index (χ1v) is 4.70.